The highest BCUT2D eigenvalue weighted by molar-refractivity contribution is 7.55. The molecule has 8 nitrogen and oxygen atoms in total. The third-order valence-corrected chi connectivity index (χ3v) is 5.48. The lowest BCUT2D eigenvalue weighted by molar-refractivity contribution is -0.143. The first-order valence-corrected chi connectivity index (χ1v) is 9.55. The first kappa shape index (κ1) is 21.3. The molecule has 0 aliphatic heterocycles. The third kappa shape index (κ3) is 6.25. The van der Waals surface area contributed by atoms with Crippen molar-refractivity contribution in [1.29, 1.82) is 0 Å². The number of methoxy groups -OCH3 is 1. The maximum absolute atomic E-state index is 12.8. The van der Waals surface area contributed by atoms with E-state index in [1.54, 1.807) is 13.8 Å². The van der Waals surface area contributed by atoms with E-state index >= 15 is 0 Å². The monoisotopic (exact) mass is 372 g/mol. The summed E-state index contributed by atoms with van der Waals surface area (Å²) in [5, 5.41) is 2.35. The summed E-state index contributed by atoms with van der Waals surface area (Å²) in [6, 6.07) is 8.23. The van der Waals surface area contributed by atoms with Gasteiger partial charge in [-0.2, -0.15) is 0 Å². The maximum atomic E-state index is 12.8. The number of hydrogen-bond donors (Lipinski definition) is 2. The van der Waals surface area contributed by atoms with Crippen LogP contribution in [0.2, 0.25) is 0 Å². The van der Waals surface area contributed by atoms with Gasteiger partial charge in [-0.25, -0.2) is 4.79 Å². The van der Waals surface area contributed by atoms with Gasteiger partial charge < -0.3 is 24.8 Å². The SMILES string of the molecule is CCOP(=O)(OCC)[C@H](NC(=O)[C@@H](N)Cc1ccccc1)C(=O)OC. The summed E-state index contributed by atoms with van der Waals surface area (Å²) < 4.78 is 27.7. The summed E-state index contributed by atoms with van der Waals surface area (Å²) >= 11 is 0. The predicted octanol–water partition coefficient (Wildman–Crippen LogP) is 1.44. The molecule has 0 spiro atoms. The van der Waals surface area contributed by atoms with Crippen LogP contribution in [0.5, 0.6) is 0 Å². The maximum Gasteiger partial charge on any atom is 0.364 e. The Bertz CT molecular complexity index is 600. The van der Waals surface area contributed by atoms with Gasteiger partial charge in [-0.05, 0) is 25.8 Å². The second-order valence-electron chi connectivity index (χ2n) is 5.11. The van der Waals surface area contributed by atoms with E-state index in [1.165, 1.54) is 0 Å². The predicted molar refractivity (Wildman–Crippen MR) is 92.9 cm³/mol. The van der Waals surface area contributed by atoms with Crippen LogP contribution in [-0.4, -0.2) is 44.0 Å². The number of nitrogens with two attached hydrogens (primary N) is 1. The molecule has 1 aromatic carbocycles. The lowest BCUT2D eigenvalue weighted by atomic mass is 10.1. The Hall–Kier alpha value is -1.73. The Morgan fingerprint density at radius 3 is 2.20 bits per heavy atom. The Morgan fingerprint density at radius 2 is 1.72 bits per heavy atom. The molecule has 0 aliphatic carbocycles. The van der Waals surface area contributed by atoms with Gasteiger partial charge in [0.25, 0.3) is 0 Å². The number of esters is 1. The third-order valence-electron chi connectivity index (χ3n) is 3.27. The Morgan fingerprint density at radius 1 is 1.16 bits per heavy atom. The lowest BCUT2D eigenvalue weighted by Crippen LogP contribution is -2.49. The van der Waals surface area contributed by atoms with Crippen LogP contribution in [-0.2, 0) is 34.4 Å². The van der Waals surface area contributed by atoms with Crippen molar-refractivity contribution in [2.75, 3.05) is 20.3 Å². The van der Waals surface area contributed by atoms with E-state index in [0.717, 1.165) is 12.7 Å². The molecule has 0 bridgehead atoms. The van der Waals surface area contributed by atoms with Gasteiger partial charge in [0.05, 0.1) is 26.4 Å². The Balaban J connectivity index is 2.91. The van der Waals surface area contributed by atoms with Crippen LogP contribution in [0.15, 0.2) is 30.3 Å². The van der Waals surface area contributed by atoms with E-state index in [9.17, 15) is 14.2 Å². The molecule has 0 aromatic heterocycles. The average Bonchev–Trinajstić information content (AvgIpc) is 2.60. The van der Waals surface area contributed by atoms with Crippen LogP contribution in [0.3, 0.4) is 0 Å². The number of nitrogens with one attached hydrogen (secondary N) is 1. The van der Waals surface area contributed by atoms with Crippen molar-refractivity contribution in [3.05, 3.63) is 35.9 Å². The van der Waals surface area contributed by atoms with Crippen LogP contribution in [0, 0.1) is 0 Å². The van der Waals surface area contributed by atoms with Crippen molar-refractivity contribution in [2.45, 2.75) is 32.1 Å². The van der Waals surface area contributed by atoms with Crippen LogP contribution in [0.4, 0.5) is 0 Å². The summed E-state index contributed by atoms with van der Waals surface area (Å²) in [4.78, 5) is 24.4. The standard InChI is InChI=1S/C16H25N2O6P/c1-4-23-25(21,24-5-2)15(16(20)22-3)18-14(19)13(17)11-12-9-7-6-8-10-12/h6-10,13,15H,4-5,11,17H2,1-3H3,(H,18,19)/t13-,15-/m0/s1. The highest BCUT2D eigenvalue weighted by atomic mass is 31.2. The van der Waals surface area contributed by atoms with E-state index in [1.807, 2.05) is 30.3 Å². The number of carbonyl (C=O) groups is 2. The van der Waals surface area contributed by atoms with Gasteiger partial charge in [-0.15, -0.1) is 0 Å². The van der Waals surface area contributed by atoms with Crippen molar-refractivity contribution >= 4 is 19.5 Å². The van der Waals surface area contributed by atoms with Crippen LogP contribution in [0.1, 0.15) is 19.4 Å². The molecular formula is C16H25N2O6P. The average molecular weight is 372 g/mol. The van der Waals surface area contributed by atoms with E-state index in [2.05, 4.69) is 10.1 Å². The van der Waals surface area contributed by atoms with Gasteiger partial charge in [-0.3, -0.25) is 9.36 Å². The smallest absolute Gasteiger partial charge is 0.364 e. The zero-order chi connectivity index (χ0) is 18.9. The van der Waals surface area contributed by atoms with Gasteiger partial charge in [0.1, 0.15) is 0 Å². The van der Waals surface area contributed by atoms with E-state index < -0.39 is 31.3 Å². The minimum atomic E-state index is -3.94. The molecule has 0 heterocycles. The second-order valence-corrected chi connectivity index (χ2v) is 7.22. The Labute approximate surface area is 147 Å². The van der Waals surface area contributed by atoms with Crippen molar-refractivity contribution in [2.24, 2.45) is 5.73 Å². The highest BCUT2D eigenvalue weighted by Gasteiger charge is 2.43. The number of ether oxygens (including phenoxy) is 1. The van der Waals surface area contributed by atoms with E-state index in [0.29, 0.717) is 0 Å². The fourth-order valence-corrected chi connectivity index (χ4v) is 3.87. The van der Waals surface area contributed by atoms with E-state index in [4.69, 9.17) is 14.8 Å². The van der Waals surface area contributed by atoms with Crippen molar-refractivity contribution in [1.82, 2.24) is 5.32 Å². The molecule has 9 heteroatoms. The highest BCUT2D eigenvalue weighted by Crippen LogP contribution is 2.52. The number of amides is 1. The normalized spacial score (nSPS) is 13.8. The van der Waals surface area contributed by atoms with Gasteiger partial charge in [0.2, 0.25) is 11.7 Å². The molecule has 0 radical (unpaired) electrons. The van der Waals surface area contributed by atoms with Gasteiger partial charge >= 0.3 is 13.6 Å². The largest absolute Gasteiger partial charge is 0.467 e. The fraction of sp³-hybridized carbons (Fsp3) is 0.500. The molecule has 1 aromatic rings. The quantitative estimate of drug-likeness (QED) is 0.471. The number of hydrogen-bond acceptors (Lipinski definition) is 7. The number of carbonyl (C=O) groups excluding carboxylic acids is 2. The summed E-state index contributed by atoms with van der Waals surface area (Å²) in [5.41, 5.74) is 6.75. The summed E-state index contributed by atoms with van der Waals surface area (Å²) in [6.45, 7) is 3.28. The van der Waals surface area contributed by atoms with E-state index in [-0.39, 0.29) is 19.6 Å². The fourth-order valence-electron chi connectivity index (χ4n) is 2.13. The summed E-state index contributed by atoms with van der Waals surface area (Å²) in [7, 11) is -2.82. The molecule has 0 saturated carbocycles. The molecule has 2 atom stereocenters. The molecule has 140 valence electrons. The minimum absolute atomic E-state index is 0.0384. The van der Waals surface area contributed by atoms with Crippen LogP contribution < -0.4 is 11.1 Å². The van der Waals surface area contributed by atoms with Gasteiger partial charge in [-0.1, -0.05) is 30.3 Å². The molecule has 1 rings (SSSR count). The Kier molecular flexibility index (Phi) is 8.78. The lowest BCUT2D eigenvalue weighted by Gasteiger charge is -2.26. The molecule has 3 N–H and O–H groups in total. The molecule has 0 saturated heterocycles. The molecule has 1 amide bonds. The van der Waals surface area contributed by atoms with Crippen molar-refractivity contribution in [3.63, 3.8) is 0 Å². The number of benzene rings is 1. The molecule has 25 heavy (non-hydrogen) atoms. The second kappa shape index (κ2) is 10.3. The summed E-state index contributed by atoms with van der Waals surface area (Å²) in [5.74, 6) is -3.16. The molecule has 0 fully saturated rings. The van der Waals surface area contributed by atoms with Crippen LogP contribution in [0.25, 0.3) is 0 Å². The molecule has 0 aliphatic rings. The van der Waals surface area contributed by atoms with Crippen molar-refractivity contribution < 1.29 is 27.9 Å². The number of rotatable bonds is 10. The van der Waals surface area contributed by atoms with Crippen LogP contribution >= 0.6 is 7.60 Å². The first-order chi connectivity index (χ1) is 11.9. The van der Waals surface area contributed by atoms with Gasteiger partial charge in [0, 0.05) is 0 Å². The van der Waals surface area contributed by atoms with Gasteiger partial charge in [0.15, 0.2) is 0 Å². The molecular weight excluding hydrogens is 347 g/mol. The van der Waals surface area contributed by atoms with Crippen molar-refractivity contribution in [3.8, 4) is 0 Å². The molecule has 0 unspecified atom stereocenters. The summed E-state index contributed by atoms with van der Waals surface area (Å²) in [6.07, 6.45) is 0.258. The minimum Gasteiger partial charge on any atom is -0.467 e. The first-order valence-electron chi connectivity index (χ1n) is 7.94. The zero-order valence-corrected chi connectivity index (χ0v) is 15.5. The zero-order valence-electron chi connectivity index (χ0n) is 14.6. The topological polar surface area (TPSA) is 117 Å².